The molecule has 1 heterocycles. The normalized spacial score (nSPS) is 12.3. The van der Waals surface area contributed by atoms with E-state index in [1.54, 1.807) is 12.1 Å². The summed E-state index contributed by atoms with van der Waals surface area (Å²) in [5.74, 6) is 0.971. The minimum Gasteiger partial charge on any atom is -0.493 e. The average Bonchev–Trinajstić information content (AvgIpc) is 3.18. The van der Waals surface area contributed by atoms with E-state index in [4.69, 9.17) is 19.0 Å². The molecule has 0 unspecified atom stereocenters. The summed E-state index contributed by atoms with van der Waals surface area (Å²) in [6.07, 6.45) is 1.32. The van der Waals surface area contributed by atoms with Crippen LogP contribution in [0.25, 0.3) is 0 Å². The number of benzene rings is 2. The number of nitrogens with one attached hydrogen (secondary N) is 1. The van der Waals surface area contributed by atoms with Crippen LogP contribution in [0.1, 0.15) is 11.1 Å². The Morgan fingerprint density at radius 1 is 1.21 bits per heavy atom. The zero-order valence-corrected chi connectivity index (χ0v) is 15.4. The fraction of sp³-hybridized carbons (Fsp3) is 0.263. The molecule has 0 aliphatic carbocycles. The summed E-state index contributed by atoms with van der Waals surface area (Å²) in [5.41, 5.74) is 1.37. The number of methoxy groups -OCH3 is 1. The number of ether oxygens (including phenoxy) is 4. The van der Waals surface area contributed by atoms with Gasteiger partial charge in [0.2, 0.25) is 6.79 Å². The third kappa shape index (κ3) is 5.71. The van der Waals surface area contributed by atoms with Crippen LogP contribution in [-0.2, 0) is 16.2 Å². The van der Waals surface area contributed by atoms with Crippen molar-refractivity contribution >= 4 is 12.1 Å². The quantitative estimate of drug-likeness (QED) is 0.507. The van der Waals surface area contributed by atoms with Crippen LogP contribution >= 0.6 is 0 Å². The Kier molecular flexibility index (Phi) is 6.67. The molecule has 0 spiro atoms. The number of oxime groups is 1. The van der Waals surface area contributed by atoms with Gasteiger partial charge in [0.1, 0.15) is 0 Å². The smallest absolute Gasteiger partial charge is 0.387 e. The van der Waals surface area contributed by atoms with Gasteiger partial charge >= 0.3 is 6.61 Å². The van der Waals surface area contributed by atoms with Crippen LogP contribution in [0, 0.1) is 0 Å². The molecule has 0 aromatic heterocycles. The van der Waals surface area contributed by atoms with Gasteiger partial charge in [-0.2, -0.15) is 8.78 Å². The molecule has 8 nitrogen and oxygen atoms in total. The summed E-state index contributed by atoms with van der Waals surface area (Å²) >= 11 is 0. The van der Waals surface area contributed by atoms with E-state index in [0.717, 1.165) is 5.56 Å². The molecule has 10 heteroatoms. The fourth-order valence-corrected chi connectivity index (χ4v) is 2.45. The molecule has 0 saturated heterocycles. The van der Waals surface area contributed by atoms with Crippen molar-refractivity contribution < 1.29 is 37.4 Å². The largest absolute Gasteiger partial charge is 0.493 e. The van der Waals surface area contributed by atoms with Crippen LogP contribution in [0.2, 0.25) is 0 Å². The number of alkyl halides is 2. The van der Waals surface area contributed by atoms with E-state index in [1.807, 2.05) is 6.07 Å². The summed E-state index contributed by atoms with van der Waals surface area (Å²) in [6, 6.07) is 9.65. The van der Waals surface area contributed by atoms with Crippen molar-refractivity contribution in [1.29, 1.82) is 0 Å². The van der Waals surface area contributed by atoms with E-state index in [9.17, 15) is 13.6 Å². The van der Waals surface area contributed by atoms with Crippen LogP contribution in [0.15, 0.2) is 41.6 Å². The van der Waals surface area contributed by atoms with Gasteiger partial charge in [-0.15, -0.1) is 0 Å². The lowest BCUT2D eigenvalue weighted by atomic mass is 10.2. The minimum atomic E-state index is -2.96. The van der Waals surface area contributed by atoms with Crippen molar-refractivity contribution in [3.63, 3.8) is 0 Å². The summed E-state index contributed by atoms with van der Waals surface area (Å²) in [6.45, 7) is -2.76. The first-order valence-corrected chi connectivity index (χ1v) is 8.48. The van der Waals surface area contributed by atoms with Crippen LogP contribution in [0.3, 0.4) is 0 Å². The Labute approximate surface area is 164 Å². The Morgan fingerprint density at radius 2 is 2.03 bits per heavy atom. The predicted octanol–water partition coefficient (Wildman–Crippen LogP) is 2.69. The van der Waals surface area contributed by atoms with Gasteiger partial charge in [-0.25, -0.2) is 0 Å². The molecule has 0 radical (unpaired) electrons. The van der Waals surface area contributed by atoms with E-state index in [-0.39, 0.29) is 30.8 Å². The van der Waals surface area contributed by atoms with Gasteiger partial charge in [0.25, 0.3) is 5.91 Å². The molecule has 1 N–H and O–H groups in total. The second-order valence-corrected chi connectivity index (χ2v) is 5.76. The van der Waals surface area contributed by atoms with Crippen molar-refractivity contribution in [1.82, 2.24) is 5.32 Å². The van der Waals surface area contributed by atoms with Gasteiger partial charge in [0.15, 0.2) is 29.6 Å². The van der Waals surface area contributed by atoms with Gasteiger partial charge in [-0.05, 0) is 35.9 Å². The highest BCUT2D eigenvalue weighted by atomic mass is 19.3. The molecular weight excluding hydrogens is 390 g/mol. The lowest BCUT2D eigenvalue weighted by Crippen LogP contribution is -2.26. The number of nitrogens with zero attached hydrogens (tertiary/aromatic N) is 1. The standard InChI is InChI=1S/C19H18F2N2O6/c1-25-16-6-13(3-5-15(16)29-19(20)21)9-23-28-10-18(24)22-8-12-2-4-14-17(7-12)27-11-26-14/h2-7,9,19H,8,10-11H2,1H3,(H,22,24)/b23-9+. The van der Waals surface area contributed by atoms with Crippen LogP contribution < -0.4 is 24.3 Å². The van der Waals surface area contributed by atoms with Gasteiger partial charge in [0, 0.05) is 12.1 Å². The second-order valence-electron chi connectivity index (χ2n) is 5.76. The summed E-state index contributed by atoms with van der Waals surface area (Å²) in [7, 11) is 1.33. The number of rotatable bonds is 9. The third-order valence-corrected chi connectivity index (χ3v) is 3.80. The molecule has 0 fully saturated rings. The first kappa shape index (κ1) is 20.2. The maximum absolute atomic E-state index is 12.3. The lowest BCUT2D eigenvalue weighted by molar-refractivity contribution is -0.125. The molecule has 0 atom stereocenters. The number of amides is 1. The van der Waals surface area contributed by atoms with Gasteiger partial charge < -0.3 is 29.1 Å². The minimum absolute atomic E-state index is 0.0940. The summed E-state index contributed by atoms with van der Waals surface area (Å²) < 4.78 is 44.5. The molecule has 1 amide bonds. The fourth-order valence-electron chi connectivity index (χ4n) is 2.45. The molecule has 2 aromatic rings. The molecule has 0 saturated carbocycles. The van der Waals surface area contributed by atoms with Crippen LogP contribution in [0.4, 0.5) is 8.78 Å². The Morgan fingerprint density at radius 3 is 2.83 bits per heavy atom. The highest BCUT2D eigenvalue weighted by Gasteiger charge is 2.13. The molecule has 2 aromatic carbocycles. The molecule has 1 aliphatic heterocycles. The number of halogens is 2. The third-order valence-electron chi connectivity index (χ3n) is 3.80. The first-order chi connectivity index (χ1) is 14.0. The molecule has 29 heavy (non-hydrogen) atoms. The summed E-state index contributed by atoms with van der Waals surface area (Å²) in [5, 5.41) is 6.37. The molecule has 1 aliphatic rings. The van der Waals surface area contributed by atoms with E-state index in [2.05, 4.69) is 15.2 Å². The maximum Gasteiger partial charge on any atom is 0.387 e. The number of carbonyl (C=O) groups is 1. The molecule has 0 bridgehead atoms. The zero-order valence-electron chi connectivity index (χ0n) is 15.4. The van der Waals surface area contributed by atoms with Gasteiger partial charge in [-0.3, -0.25) is 4.79 Å². The molecule has 3 rings (SSSR count). The van der Waals surface area contributed by atoms with Crippen LogP contribution in [-0.4, -0.2) is 39.2 Å². The highest BCUT2D eigenvalue weighted by Crippen LogP contribution is 2.32. The monoisotopic (exact) mass is 408 g/mol. The first-order valence-electron chi connectivity index (χ1n) is 8.48. The number of hydrogen-bond donors (Lipinski definition) is 1. The van der Waals surface area contributed by atoms with Crippen molar-refractivity contribution in [2.24, 2.45) is 5.16 Å². The number of carbonyl (C=O) groups excluding carboxylic acids is 1. The SMILES string of the molecule is COc1cc(/C=N/OCC(=O)NCc2ccc3c(c2)OCO3)ccc1OC(F)F. The van der Waals surface area contributed by atoms with Crippen molar-refractivity contribution in [3.05, 3.63) is 47.5 Å². The van der Waals surface area contributed by atoms with E-state index in [0.29, 0.717) is 23.6 Å². The Bertz CT molecular complexity index is 891. The van der Waals surface area contributed by atoms with E-state index < -0.39 is 6.61 Å². The molecular formula is C19H18F2N2O6. The zero-order chi connectivity index (χ0) is 20.6. The van der Waals surface area contributed by atoms with Gasteiger partial charge in [-0.1, -0.05) is 11.2 Å². The van der Waals surface area contributed by atoms with Crippen molar-refractivity contribution in [3.8, 4) is 23.0 Å². The Hall–Kier alpha value is -3.56. The lowest BCUT2D eigenvalue weighted by Gasteiger charge is -2.09. The van der Waals surface area contributed by atoms with Crippen molar-refractivity contribution in [2.75, 3.05) is 20.5 Å². The maximum atomic E-state index is 12.3. The van der Waals surface area contributed by atoms with E-state index >= 15 is 0 Å². The number of hydrogen-bond acceptors (Lipinski definition) is 7. The van der Waals surface area contributed by atoms with Crippen LogP contribution in [0.5, 0.6) is 23.0 Å². The highest BCUT2D eigenvalue weighted by molar-refractivity contribution is 5.81. The molecule has 154 valence electrons. The summed E-state index contributed by atoms with van der Waals surface area (Å²) in [4.78, 5) is 16.8. The Balaban J connectivity index is 1.44. The van der Waals surface area contributed by atoms with Gasteiger partial charge in [0.05, 0.1) is 13.3 Å². The predicted molar refractivity (Wildman–Crippen MR) is 97.6 cm³/mol. The van der Waals surface area contributed by atoms with E-state index in [1.165, 1.54) is 31.5 Å². The topological polar surface area (TPSA) is 87.6 Å². The second kappa shape index (κ2) is 9.58. The number of fused-ring (bicyclic) bond motifs is 1. The average molecular weight is 408 g/mol. The van der Waals surface area contributed by atoms with Crippen molar-refractivity contribution in [2.45, 2.75) is 13.2 Å².